The summed E-state index contributed by atoms with van der Waals surface area (Å²) in [7, 11) is 1.76. The summed E-state index contributed by atoms with van der Waals surface area (Å²) in [5.41, 5.74) is 1.03. The molecule has 0 aliphatic rings. The van der Waals surface area contributed by atoms with E-state index in [1.807, 2.05) is 38.1 Å². The maximum atomic E-state index is 11.6. The fraction of sp³-hybridized carbons (Fsp3) is 0.500. The van der Waals surface area contributed by atoms with Crippen molar-refractivity contribution in [1.29, 1.82) is 0 Å². The molecule has 1 unspecified atom stereocenters. The average molecular weight is 250 g/mol. The van der Waals surface area contributed by atoms with Crippen molar-refractivity contribution in [2.24, 2.45) is 0 Å². The van der Waals surface area contributed by atoms with Gasteiger partial charge in [0.05, 0.1) is 19.2 Å². The van der Waals surface area contributed by atoms with Gasteiger partial charge in [-0.05, 0) is 26.5 Å². The molecule has 0 aliphatic carbocycles. The van der Waals surface area contributed by atoms with Gasteiger partial charge >= 0.3 is 0 Å². The van der Waals surface area contributed by atoms with Crippen LogP contribution in [0.2, 0.25) is 0 Å². The number of nitrogens with one attached hydrogen (secondary N) is 2. The van der Waals surface area contributed by atoms with Gasteiger partial charge in [-0.1, -0.05) is 25.1 Å². The third-order valence-electron chi connectivity index (χ3n) is 2.68. The molecule has 1 amide bonds. The zero-order chi connectivity index (χ0) is 13.4. The number of carbonyl (C=O) groups excluding carboxylic acids is 1. The standard InChI is InChI=1S/C14H22N2O2/c1-4-12(16-14(17)10-15-3)11-8-6-7-9-13(11)18-5-2/h6-9,12,15H,4-5,10H2,1-3H3,(H,16,17). The number of rotatable bonds is 7. The number of likely N-dealkylation sites (N-methyl/N-ethyl adjacent to an activating group) is 1. The van der Waals surface area contributed by atoms with E-state index in [-0.39, 0.29) is 11.9 Å². The first-order chi connectivity index (χ1) is 8.72. The molecule has 0 radical (unpaired) electrons. The predicted molar refractivity (Wildman–Crippen MR) is 72.7 cm³/mol. The zero-order valence-electron chi connectivity index (χ0n) is 11.3. The molecular formula is C14H22N2O2. The molecule has 18 heavy (non-hydrogen) atoms. The van der Waals surface area contributed by atoms with Gasteiger partial charge in [-0.2, -0.15) is 0 Å². The Morgan fingerprint density at radius 1 is 1.33 bits per heavy atom. The van der Waals surface area contributed by atoms with E-state index >= 15 is 0 Å². The van der Waals surface area contributed by atoms with Crippen LogP contribution in [0, 0.1) is 0 Å². The summed E-state index contributed by atoms with van der Waals surface area (Å²) in [6, 6.07) is 7.83. The van der Waals surface area contributed by atoms with Crippen LogP contribution in [0.1, 0.15) is 31.9 Å². The molecule has 4 nitrogen and oxygen atoms in total. The highest BCUT2D eigenvalue weighted by molar-refractivity contribution is 5.78. The summed E-state index contributed by atoms with van der Waals surface area (Å²) in [6.07, 6.45) is 0.833. The number of amides is 1. The Bertz CT molecular complexity index is 380. The Morgan fingerprint density at radius 2 is 2.06 bits per heavy atom. The summed E-state index contributed by atoms with van der Waals surface area (Å²) in [5, 5.41) is 5.85. The molecule has 1 rings (SSSR count). The molecule has 1 aromatic rings. The molecule has 1 atom stereocenters. The smallest absolute Gasteiger partial charge is 0.234 e. The van der Waals surface area contributed by atoms with Gasteiger partial charge in [0.25, 0.3) is 0 Å². The molecule has 0 spiro atoms. The first-order valence-corrected chi connectivity index (χ1v) is 6.38. The van der Waals surface area contributed by atoms with Crippen molar-refractivity contribution in [3.8, 4) is 5.75 Å². The van der Waals surface area contributed by atoms with Crippen LogP contribution in [0.4, 0.5) is 0 Å². The number of para-hydroxylation sites is 1. The van der Waals surface area contributed by atoms with Crippen molar-refractivity contribution >= 4 is 5.91 Å². The van der Waals surface area contributed by atoms with E-state index in [0.29, 0.717) is 13.2 Å². The number of carbonyl (C=O) groups is 1. The molecule has 0 fully saturated rings. The van der Waals surface area contributed by atoms with E-state index < -0.39 is 0 Å². The summed E-state index contributed by atoms with van der Waals surface area (Å²) in [6.45, 7) is 4.95. The van der Waals surface area contributed by atoms with Crippen LogP contribution in [0.25, 0.3) is 0 Å². The van der Waals surface area contributed by atoms with E-state index in [9.17, 15) is 4.79 Å². The average Bonchev–Trinajstić information content (AvgIpc) is 2.37. The number of ether oxygens (including phenoxy) is 1. The second-order valence-electron chi connectivity index (χ2n) is 4.03. The molecule has 0 bridgehead atoms. The molecule has 0 heterocycles. The van der Waals surface area contributed by atoms with Crippen LogP contribution in [0.3, 0.4) is 0 Å². The molecule has 0 saturated heterocycles. The number of benzene rings is 1. The molecule has 0 aliphatic heterocycles. The quantitative estimate of drug-likeness (QED) is 0.776. The lowest BCUT2D eigenvalue weighted by Gasteiger charge is -2.20. The number of hydrogen-bond acceptors (Lipinski definition) is 3. The molecule has 0 saturated carbocycles. The van der Waals surface area contributed by atoms with Gasteiger partial charge in [-0.15, -0.1) is 0 Å². The van der Waals surface area contributed by atoms with E-state index in [2.05, 4.69) is 10.6 Å². The maximum Gasteiger partial charge on any atom is 0.234 e. The monoisotopic (exact) mass is 250 g/mol. The zero-order valence-corrected chi connectivity index (χ0v) is 11.3. The number of hydrogen-bond donors (Lipinski definition) is 2. The van der Waals surface area contributed by atoms with Crippen molar-refractivity contribution in [3.05, 3.63) is 29.8 Å². The topological polar surface area (TPSA) is 50.4 Å². The Hall–Kier alpha value is -1.55. The van der Waals surface area contributed by atoms with Gasteiger partial charge in [-0.25, -0.2) is 0 Å². The van der Waals surface area contributed by atoms with Crippen LogP contribution in [-0.2, 0) is 4.79 Å². The minimum atomic E-state index is -0.00593. The molecule has 0 aromatic heterocycles. The SMILES string of the molecule is CCOc1ccccc1C(CC)NC(=O)CNC. The first kappa shape index (κ1) is 14.5. The third kappa shape index (κ3) is 4.04. The van der Waals surface area contributed by atoms with Gasteiger partial charge in [0.2, 0.25) is 5.91 Å². The Labute approximate surface area is 109 Å². The summed E-state index contributed by atoms with van der Waals surface area (Å²) >= 11 is 0. The maximum absolute atomic E-state index is 11.6. The van der Waals surface area contributed by atoms with Crippen molar-refractivity contribution < 1.29 is 9.53 Å². The second kappa shape index (κ2) is 7.71. The lowest BCUT2D eigenvalue weighted by atomic mass is 10.0. The van der Waals surface area contributed by atoms with E-state index in [0.717, 1.165) is 17.7 Å². The highest BCUT2D eigenvalue weighted by Crippen LogP contribution is 2.26. The normalized spacial score (nSPS) is 11.9. The van der Waals surface area contributed by atoms with Crippen molar-refractivity contribution in [2.75, 3.05) is 20.2 Å². The van der Waals surface area contributed by atoms with Crippen molar-refractivity contribution in [1.82, 2.24) is 10.6 Å². The van der Waals surface area contributed by atoms with Crippen LogP contribution in [0.5, 0.6) is 5.75 Å². The molecule has 2 N–H and O–H groups in total. The van der Waals surface area contributed by atoms with Crippen LogP contribution in [-0.4, -0.2) is 26.1 Å². The Balaban J connectivity index is 2.83. The van der Waals surface area contributed by atoms with Gasteiger partial charge in [0.15, 0.2) is 0 Å². The van der Waals surface area contributed by atoms with Crippen LogP contribution >= 0.6 is 0 Å². The van der Waals surface area contributed by atoms with Gasteiger partial charge in [0.1, 0.15) is 5.75 Å². The van der Waals surface area contributed by atoms with Crippen LogP contribution in [0.15, 0.2) is 24.3 Å². The second-order valence-corrected chi connectivity index (χ2v) is 4.03. The lowest BCUT2D eigenvalue weighted by Crippen LogP contribution is -2.35. The van der Waals surface area contributed by atoms with Crippen molar-refractivity contribution in [2.45, 2.75) is 26.3 Å². The molecule has 100 valence electrons. The molecule has 4 heteroatoms. The molecule has 1 aromatic carbocycles. The summed E-state index contributed by atoms with van der Waals surface area (Å²) in [4.78, 5) is 11.6. The summed E-state index contributed by atoms with van der Waals surface area (Å²) in [5.74, 6) is 0.840. The van der Waals surface area contributed by atoms with Gasteiger partial charge in [-0.3, -0.25) is 4.79 Å². The van der Waals surface area contributed by atoms with E-state index in [4.69, 9.17) is 4.74 Å². The van der Waals surface area contributed by atoms with Gasteiger partial charge in [0, 0.05) is 5.56 Å². The fourth-order valence-electron chi connectivity index (χ4n) is 1.86. The Kier molecular flexibility index (Phi) is 6.22. The highest BCUT2D eigenvalue weighted by atomic mass is 16.5. The minimum absolute atomic E-state index is 0.00403. The predicted octanol–water partition coefficient (Wildman–Crippen LogP) is 1.87. The Morgan fingerprint density at radius 3 is 2.67 bits per heavy atom. The highest BCUT2D eigenvalue weighted by Gasteiger charge is 2.16. The van der Waals surface area contributed by atoms with Crippen molar-refractivity contribution in [3.63, 3.8) is 0 Å². The minimum Gasteiger partial charge on any atom is -0.494 e. The first-order valence-electron chi connectivity index (χ1n) is 6.38. The van der Waals surface area contributed by atoms with Crippen LogP contribution < -0.4 is 15.4 Å². The fourth-order valence-corrected chi connectivity index (χ4v) is 1.86. The third-order valence-corrected chi connectivity index (χ3v) is 2.68. The largest absolute Gasteiger partial charge is 0.494 e. The lowest BCUT2D eigenvalue weighted by molar-refractivity contribution is -0.120. The summed E-state index contributed by atoms with van der Waals surface area (Å²) < 4.78 is 5.59. The van der Waals surface area contributed by atoms with E-state index in [1.54, 1.807) is 7.05 Å². The van der Waals surface area contributed by atoms with Gasteiger partial charge < -0.3 is 15.4 Å². The molecular weight excluding hydrogens is 228 g/mol. The van der Waals surface area contributed by atoms with E-state index in [1.165, 1.54) is 0 Å².